The van der Waals surface area contributed by atoms with Gasteiger partial charge in [-0.1, -0.05) is 28.9 Å². The fourth-order valence-corrected chi connectivity index (χ4v) is 2.06. The van der Waals surface area contributed by atoms with Gasteiger partial charge in [-0.15, -0.1) is 0 Å². The van der Waals surface area contributed by atoms with Crippen molar-refractivity contribution in [1.82, 2.24) is 10.1 Å². The lowest BCUT2D eigenvalue weighted by atomic mass is 10.2. The van der Waals surface area contributed by atoms with E-state index in [-0.39, 0.29) is 11.7 Å². The third-order valence-electron chi connectivity index (χ3n) is 2.68. The third-order valence-corrected chi connectivity index (χ3v) is 2.89. The number of rotatable bonds is 2. The number of hydrogen-bond donors (Lipinski definition) is 1. The standard InChI is InChI=1S/C14H9ClFN3O/c15-10-4-9(6-12(17)7-10)14-18-13(19-20-14)8-2-1-3-11(16)5-8/h1-7H,17H2. The van der Waals surface area contributed by atoms with Gasteiger partial charge < -0.3 is 10.3 Å². The molecule has 0 saturated carbocycles. The molecule has 3 rings (SSSR count). The summed E-state index contributed by atoms with van der Waals surface area (Å²) >= 11 is 5.93. The van der Waals surface area contributed by atoms with Crippen molar-refractivity contribution in [2.24, 2.45) is 0 Å². The average molecular weight is 290 g/mol. The summed E-state index contributed by atoms with van der Waals surface area (Å²) in [6, 6.07) is 10.9. The Morgan fingerprint density at radius 3 is 2.70 bits per heavy atom. The van der Waals surface area contributed by atoms with Gasteiger partial charge in [-0.05, 0) is 30.3 Å². The summed E-state index contributed by atoms with van der Waals surface area (Å²) in [5.74, 6) is 0.220. The van der Waals surface area contributed by atoms with Gasteiger partial charge in [0.15, 0.2) is 0 Å². The molecule has 0 aliphatic heterocycles. The summed E-state index contributed by atoms with van der Waals surface area (Å²) in [6.07, 6.45) is 0. The van der Waals surface area contributed by atoms with Gasteiger partial charge in [-0.2, -0.15) is 4.98 Å². The number of hydrogen-bond acceptors (Lipinski definition) is 4. The van der Waals surface area contributed by atoms with Crippen LogP contribution in [-0.4, -0.2) is 10.1 Å². The van der Waals surface area contributed by atoms with Gasteiger partial charge in [0, 0.05) is 21.8 Å². The number of halogens is 2. The van der Waals surface area contributed by atoms with E-state index in [9.17, 15) is 4.39 Å². The van der Waals surface area contributed by atoms with Crippen LogP contribution >= 0.6 is 11.6 Å². The zero-order valence-electron chi connectivity index (χ0n) is 10.2. The van der Waals surface area contributed by atoms with Crippen LogP contribution in [0.1, 0.15) is 0 Å². The van der Waals surface area contributed by atoms with Gasteiger partial charge in [0.1, 0.15) is 5.82 Å². The van der Waals surface area contributed by atoms with Crippen LogP contribution < -0.4 is 5.73 Å². The Bertz CT molecular complexity index is 752. The molecule has 0 atom stereocenters. The highest BCUT2D eigenvalue weighted by Gasteiger charge is 2.12. The van der Waals surface area contributed by atoms with Crippen molar-refractivity contribution >= 4 is 17.3 Å². The Balaban J connectivity index is 2.02. The van der Waals surface area contributed by atoms with E-state index in [1.165, 1.54) is 12.1 Å². The molecule has 0 amide bonds. The van der Waals surface area contributed by atoms with Crippen LogP contribution in [0.15, 0.2) is 47.0 Å². The van der Waals surface area contributed by atoms with Crippen molar-refractivity contribution in [1.29, 1.82) is 0 Å². The van der Waals surface area contributed by atoms with E-state index in [2.05, 4.69) is 10.1 Å². The smallest absolute Gasteiger partial charge is 0.258 e. The quantitative estimate of drug-likeness (QED) is 0.729. The van der Waals surface area contributed by atoms with Crippen molar-refractivity contribution < 1.29 is 8.91 Å². The van der Waals surface area contributed by atoms with Crippen LogP contribution in [0.2, 0.25) is 5.02 Å². The number of benzene rings is 2. The van der Waals surface area contributed by atoms with Crippen LogP contribution in [0.5, 0.6) is 0 Å². The van der Waals surface area contributed by atoms with Gasteiger partial charge in [-0.25, -0.2) is 4.39 Å². The van der Waals surface area contributed by atoms with E-state index in [0.717, 1.165) is 0 Å². The zero-order chi connectivity index (χ0) is 14.1. The molecule has 1 heterocycles. The van der Waals surface area contributed by atoms with Crippen molar-refractivity contribution in [2.75, 3.05) is 5.73 Å². The molecular formula is C14H9ClFN3O. The summed E-state index contributed by atoms with van der Waals surface area (Å²) in [7, 11) is 0. The SMILES string of the molecule is Nc1cc(Cl)cc(-c2nc(-c3cccc(F)c3)no2)c1. The average Bonchev–Trinajstić information content (AvgIpc) is 2.87. The first-order valence-corrected chi connectivity index (χ1v) is 6.16. The Hall–Kier alpha value is -2.40. The molecule has 3 aromatic rings. The van der Waals surface area contributed by atoms with Gasteiger partial charge in [0.05, 0.1) is 0 Å². The first-order valence-electron chi connectivity index (χ1n) is 5.78. The van der Waals surface area contributed by atoms with Crippen molar-refractivity contribution in [3.63, 3.8) is 0 Å². The molecule has 0 spiro atoms. The predicted octanol–water partition coefficient (Wildman–Crippen LogP) is 3.78. The van der Waals surface area contributed by atoms with Gasteiger partial charge in [0.2, 0.25) is 5.82 Å². The minimum atomic E-state index is -0.360. The summed E-state index contributed by atoms with van der Waals surface area (Å²) < 4.78 is 18.3. The van der Waals surface area contributed by atoms with Crippen molar-refractivity contribution in [3.05, 3.63) is 53.3 Å². The predicted molar refractivity (Wildman–Crippen MR) is 74.6 cm³/mol. The largest absolute Gasteiger partial charge is 0.399 e. The third kappa shape index (κ3) is 2.48. The molecule has 0 aliphatic carbocycles. The number of anilines is 1. The summed E-state index contributed by atoms with van der Waals surface area (Å²) in [4.78, 5) is 4.22. The van der Waals surface area contributed by atoms with Gasteiger partial charge in [0.25, 0.3) is 5.89 Å². The monoisotopic (exact) mass is 289 g/mol. The van der Waals surface area contributed by atoms with E-state index >= 15 is 0 Å². The van der Waals surface area contributed by atoms with Crippen LogP contribution in [0, 0.1) is 5.82 Å². The maximum Gasteiger partial charge on any atom is 0.258 e. The topological polar surface area (TPSA) is 64.9 Å². The molecule has 6 heteroatoms. The molecule has 0 bridgehead atoms. The molecule has 4 nitrogen and oxygen atoms in total. The Morgan fingerprint density at radius 2 is 1.95 bits per heavy atom. The second-order valence-corrected chi connectivity index (χ2v) is 4.64. The molecule has 1 aromatic heterocycles. The molecule has 2 aromatic carbocycles. The van der Waals surface area contributed by atoms with Crippen LogP contribution in [0.3, 0.4) is 0 Å². The molecule has 0 fully saturated rings. The van der Waals surface area contributed by atoms with E-state index in [0.29, 0.717) is 27.7 Å². The molecule has 0 radical (unpaired) electrons. The minimum absolute atomic E-state index is 0.276. The fourth-order valence-electron chi connectivity index (χ4n) is 1.82. The number of nitrogens with two attached hydrogens (primary N) is 1. The molecule has 0 unspecified atom stereocenters. The first-order chi connectivity index (χ1) is 9.61. The summed E-state index contributed by atoms with van der Waals surface area (Å²) in [6.45, 7) is 0. The second-order valence-electron chi connectivity index (χ2n) is 4.21. The Kier molecular flexibility index (Phi) is 3.12. The lowest BCUT2D eigenvalue weighted by molar-refractivity contribution is 0.432. The van der Waals surface area contributed by atoms with E-state index in [1.807, 2.05) is 0 Å². The number of nitrogen functional groups attached to an aromatic ring is 1. The zero-order valence-corrected chi connectivity index (χ0v) is 10.9. The molecular weight excluding hydrogens is 281 g/mol. The van der Waals surface area contributed by atoms with Crippen LogP contribution in [0.4, 0.5) is 10.1 Å². The van der Waals surface area contributed by atoms with Gasteiger partial charge >= 0.3 is 0 Å². The van der Waals surface area contributed by atoms with Crippen molar-refractivity contribution in [3.8, 4) is 22.8 Å². The normalized spacial score (nSPS) is 10.7. The lowest BCUT2D eigenvalue weighted by Gasteiger charge is -1.98. The van der Waals surface area contributed by atoms with Crippen molar-refractivity contribution in [2.45, 2.75) is 0 Å². The highest BCUT2D eigenvalue weighted by Crippen LogP contribution is 2.26. The van der Waals surface area contributed by atoms with E-state index < -0.39 is 0 Å². The maximum absolute atomic E-state index is 13.2. The molecule has 0 aliphatic rings. The fraction of sp³-hybridized carbons (Fsp3) is 0. The minimum Gasteiger partial charge on any atom is -0.399 e. The summed E-state index contributed by atoms with van der Waals surface area (Å²) in [5.41, 5.74) is 7.36. The summed E-state index contributed by atoms with van der Waals surface area (Å²) in [5, 5.41) is 4.30. The van der Waals surface area contributed by atoms with E-state index in [1.54, 1.807) is 30.3 Å². The van der Waals surface area contributed by atoms with Gasteiger partial charge in [-0.3, -0.25) is 0 Å². The maximum atomic E-state index is 13.2. The first kappa shape index (κ1) is 12.6. The molecule has 2 N–H and O–H groups in total. The Morgan fingerprint density at radius 1 is 1.10 bits per heavy atom. The molecule has 100 valence electrons. The number of aromatic nitrogens is 2. The highest BCUT2D eigenvalue weighted by atomic mass is 35.5. The highest BCUT2D eigenvalue weighted by molar-refractivity contribution is 6.31. The van der Waals surface area contributed by atoms with Crippen LogP contribution in [-0.2, 0) is 0 Å². The molecule has 20 heavy (non-hydrogen) atoms. The van der Waals surface area contributed by atoms with Crippen LogP contribution in [0.25, 0.3) is 22.8 Å². The molecule has 0 saturated heterocycles. The second kappa shape index (κ2) is 4.94. The van der Waals surface area contributed by atoms with E-state index in [4.69, 9.17) is 21.9 Å². The lowest BCUT2D eigenvalue weighted by Crippen LogP contribution is -1.87. The number of nitrogens with zero attached hydrogens (tertiary/aromatic N) is 2. The Labute approximate surface area is 119 Å².